The van der Waals surface area contributed by atoms with E-state index in [0.29, 0.717) is 27.8 Å². The number of nitrogens with one attached hydrogen (secondary N) is 1. The van der Waals surface area contributed by atoms with Crippen LogP contribution < -0.4 is 5.32 Å². The summed E-state index contributed by atoms with van der Waals surface area (Å²) in [5, 5.41) is 3.16. The number of benzene rings is 1. The minimum Gasteiger partial charge on any atom is -0.349 e. The summed E-state index contributed by atoms with van der Waals surface area (Å²) >= 11 is 1.18. The van der Waals surface area contributed by atoms with Crippen LogP contribution >= 0.6 is 11.3 Å². The lowest BCUT2D eigenvalue weighted by Gasteiger charge is -2.30. The highest BCUT2D eigenvalue weighted by Gasteiger charge is 2.41. The zero-order valence-electron chi connectivity index (χ0n) is 12.1. The molecule has 0 saturated heterocycles. The van der Waals surface area contributed by atoms with Gasteiger partial charge < -0.3 is 5.32 Å². The molecule has 124 valence electrons. The summed E-state index contributed by atoms with van der Waals surface area (Å²) in [4.78, 5) is 12.6. The van der Waals surface area contributed by atoms with Crippen molar-refractivity contribution in [1.82, 2.24) is 5.32 Å². The fourth-order valence-corrected chi connectivity index (χ4v) is 3.94. The summed E-state index contributed by atoms with van der Waals surface area (Å²) in [6.07, 6.45) is -3.45. The summed E-state index contributed by atoms with van der Waals surface area (Å²) < 4.78 is 52.2. The van der Waals surface area contributed by atoms with Gasteiger partial charge in [0.15, 0.2) is 0 Å². The van der Waals surface area contributed by atoms with Crippen LogP contribution in [0.25, 0.3) is 10.1 Å². The standard InChI is InChI=1S/C16H15F4NOS/c17-12-2-1-3-13-11(12)8-14(23-13)15(22)21-10-6-4-9(5-7-10)16(18,19)20/h1-3,8-10H,4-7H2,(H,21,22). The third kappa shape index (κ3) is 3.49. The Morgan fingerprint density at radius 1 is 1.17 bits per heavy atom. The molecule has 0 spiro atoms. The van der Waals surface area contributed by atoms with Crippen molar-refractivity contribution in [3.8, 4) is 0 Å². The topological polar surface area (TPSA) is 29.1 Å². The zero-order valence-corrected chi connectivity index (χ0v) is 12.9. The number of rotatable bonds is 2. The number of carbonyl (C=O) groups excluding carboxylic acids is 1. The molecule has 1 aromatic heterocycles. The van der Waals surface area contributed by atoms with Crippen LogP contribution in [-0.2, 0) is 0 Å². The van der Waals surface area contributed by atoms with E-state index in [1.807, 2.05) is 0 Å². The normalized spacial score (nSPS) is 22.3. The molecule has 0 bridgehead atoms. The third-order valence-corrected chi connectivity index (χ3v) is 5.36. The van der Waals surface area contributed by atoms with E-state index in [0.717, 1.165) is 0 Å². The molecule has 7 heteroatoms. The summed E-state index contributed by atoms with van der Waals surface area (Å²) in [6.45, 7) is 0. The van der Waals surface area contributed by atoms with Crippen molar-refractivity contribution in [2.24, 2.45) is 5.92 Å². The number of carbonyl (C=O) groups is 1. The van der Waals surface area contributed by atoms with E-state index in [-0.39, 0.29) is 30.6 Å². The quantitative estimate of drug-likeness (QED) is 0.772. The van der Waals surface area contributed by atoms with Gasteiger partial charge in [0.25, 0.3) is 5.91 Å². The molecule has 0 atom stereocenters. The zero-order chi connectivity index (χ0) is 16.6. The molecule has 1 fully saturated rings. The van der Waals surface area contributed by atoms with Crippen molar-refractivity contribution in [3.63, 3.8) is 0 Å². The van der Waals surface area contributed by atoms with E-state index in [9.17, 15) is 22.4 Å². The minimum atomic E-state index is -4.15. The monoisotopic (exact) mass is 345 g/mol. The van der Waals surface area contributed by atoms with E-state index >= 15 is 0 Å². The number of thiophene rings is 1. The van der Waals surface area contributed by atoms with Gasteiger partial charge in [-0.15, -0.1) is 11.3 Å². The van der Waals surface area contributed by atoms with Crippen molar-refractivity contribution in [3.05, 3.63) is 35.0 Å². The first-order chi connectivity index (χ1) is 10.8. The number of hydrogen-bond acceptors (Lipinski definition) is 2. The van der Waals surface area contributed by atoms with Crippen molar-refractivity contribution in [1.29, 1.82) is 0 Å². The number of alkyl halides is 3. The average molecular weight is 345 g/mol. The lowest BCUT2D eigenvalue weighted by Crippen LogP contribution is -2.39. The first kappa shape index (κ1) is 16.2. The van der Waals surface area contributed by atoms with Crippen molar-refractivity contribution < 1.29 is 22.4 Å². The van der Waals surface area contributed by atoms with Crippen LogP contribution in [0.3, 0.4) is 0 Å². The number of hydrogen-bond donors (Lipinski definition) is 1. The Hall–Kier alpha value is -1.63. The Labute approximate surface area is 134 Å². The van der Waals surface area contributed by atoms with Gasteiger partial charge >= 0.3 is 6.18 Å². The summed E-state index contributed by atoms with van der Waals surface area (Å²) in [6, 6.07) is 5.88. The predicted octanol–water partition coefficient (Wildman–Crippen LogP) is 4.89. The highest BCUT2D eigenvalue weighted by atomic mass is 32.1. The molecule has 0 unspecified atom stereocenters. The Balaban J connectivity index is 1.64. The van der Waals surface area contributed by atoms with Crippen molar-refractivity contribution in [2.45, 2.75) is 37.9 Å². The van der Waals surface area contributed by atoms with Gasteiger partial charge in [0, 0.05) is 16.1 Å². The fraction of sp³-hybridized carbons (Fsp3) is 0.438. The SMILES string of the molecule is O=C(NC1CCC(C(F)(F)F)CC1)c1cc2c(F)cccc2s1. The molecule has 1 aliphatic carbocycles. The first-order valence-corrected chi connectivity index (χ1v) is 8.22. The molecular weight excluding hydrogens is 330 g/mol. The van der Waals surface area contributed by atoms with E-state index in [4.69, 9.17) is 0 Å². The molecule has 2 nitrogen and oxygen atoms in total. The lowest BCUT2D eigenvalue weighted by molar-refractivity contribution is -0.182. The molecule has 1 aromatic carbocycles. The smallest absolute Gasteiger partial charge is 0.349 e. The van der Waals surface area contributed by atoms with Crippen LogP contribution in [0.4, 0.5) is 17.6 Å². The van der Waals surface area contributed by atoms with Gasteiger partial charge in [-0.2, -0.15) is 13.2 Å². The van der Waals surface area contributed by atoms with Crippen LogP contribution in [-0.4, -0.2) is 18.1 Å². The maximum atomic E-state index is 13.6. The molecule has 3 rings (SSSR count). The van der Waals surface area contributed by atoms with E-state index in [1.165, 1.54) is 23.5 Å². The van der Waals surface area contributed by atoms with Gasteiger partial charge in [-0.3, -0.25) is 4.79 Å². The van der Waals surface area contributed by atoms with E-state index in [1.54, 1.807) is 12.1 Å². The van der Waals surface area contributed by atoms with Crippen molar-refractivity contribution >= 4 is 27.3 Å². The van der Waals surface area contributed by atoms with E-state index in [2.05, 4.69) is 5.32 Å². The predicted molar refractivity (Wildman–Crippen MR) is 81.1 cm³/mol. The van der Waals surface area contributed by atoms with Gasteiger partial charge in [-0.25, -0.2) is 4.39 Å². The van der Waals surface area contributed by atoms with Crippen LogP contribution in [0.5, 0.6) is 0 Å². The maximum Gasteiger partial charge on any atom is 0.391 e. The molecule has 23 heavy (non-hydrogen) atoms. The second-order valence-electron chi connectivity index (χ2n) is 5.83. The van der Waals surface area contributed by atoms with Crippen LogP contribution in [0, 0.1) is 11.7 Å². The van der Waals surface area contributed by atoms with Crippen molar-refractivity contribution in [2.75, 3.05) is 0 Å². The Morgan fingerprint density at radius 3 is 2.48 bits per heavy atom. The highest BCUT2D eigenvalue weighted by molar-refractivity contribution is 7.20. The number of amides is 1. The van der Waals surface area contributed by atoms with Crippen LogP contribution in [0.15, 0.2) is 24.3 Å². The third-order valence-electron chi connectivity index (χ3n) is 4.26. The molecule has 2 aromatic rings. The fourth-order valence-electron chi connectivity index (χ4n) is 2.96. The largest absolute Gasteiger partial charge is 0.391 e. The maximum absolute atomic E-state index is 13.6. The molecule has 0 radical (unpaired) electrons. The van der Waals surface area contributed by atoms with Gasteiger partial charge in [0.1, 0.15) is 5.82 Å². The first-order valence-electron chi connectivity index (χ1n) is 7.40. The lowest BCUT2D eigenvalue weighted by atomic mass is 9.85. The molecule has 1 amide bonds. The molecule has 1 aliphatic rings. The number of fused-ring (bicyclic) bond motifs is 1. The second-order valence-corrected chi connectivity index (χ2v) is 6.91. The summed E-state index contributed by atoms with van der Waals surface area (Å²) in [7, 11) is 0. The Morgan fingerprint density at radius 2 is 1.87 bits per heavy atom. The number of halogens is 4. The molecular formula is C16H15F4NOS. The Bertz CT molecular complexity index is 716. The summed E-state index contributed by atoms with van der Waals surface area (Å²) in [5.74, 6) is -2.00. The average Bonchev–Trinajstić information content (AvgIpc) is 2.92. The molecule has 0 aliphatic heterocycles. The second kappa shape index (κ2) is 6.11. The van der Waals surface area contributed by atoms with E-state index < -0.39 is 12.1 Å². The summed E-state index contributed by atoms with van der Waals surface area (Å²) in [5.41, 5.74) is 0. The molecule has 1 saturated carbocycles. The van der Waals surface area contributed by atoms with Gasteiger partial charge in [-0.05, 0) is 43.9 Å². The Kier molecular flexibility index (Phi) is 4.31. The van der Waals surface area contributed by atoms with Gasteiger partial charge in [-0.1, -0.05) is 6.07 Å². The highest BCUT2D eigenvalue weighted by Crippen LogP contribution is 2.37. The van der Waals surface area contributed by atoms with Crippen LogP contribution in [0.1, 0.15) is 35.4 Å². The van der Waals surface area contributed by atoms with Crippen LogP contribution in [0.2, 0.25) is 0 Å². The minimum absolute atomic E-state index is 0.0372. The van der Waals surface area contributed by atoms with Gasteiger partial charge in [0.2, 0.25) is 0 Å². The molecule has 1 heterocycles. The van der Waals surface area contributed by atoms with Gasteiger partial charge in [0.05, 0.1) is 10.8 Å². The molecule has 1 N–H and O–H groups in total.